The van der Waals surface area contributed by atoms with Gasteiger partial charge < -0.3 is 10.1 Å². The molecule has 0 saturated carbocycles. The number of carbonyl (C=O) groups excluding carboxylic acids is 1. The van der Waals surface area contributed by atoms with Gasteiger partial charge in [0.1, 0.15) is 5.75 Å². The summed E-state index contributed by atoms with van der Waals surface area (Å²) in [5, 5.41) is 3.59. The molecule has 0 fully saturated rings. The molecule has 5 heteroatoms. The lowest BCUT2D eigenvalue weighted by Crippen LogP contribution is -2.11. The normalized spacial score (nSPS) is 10.4. The highest BCUT2D eigenvalue weighted by atomic mass is 35.5. The van der Waals surface area contributed by atoms with Gasteiger partial charge in [0.2, 0.25) is 0 Å². The van der Waals surface area contributed by atoms with E-state index in [1.165, 1.54) is 6.42 Å². The van der Waals surface area contributed by atoms with Crippen LogP contribution in [0.15, 0.2) is 42.5 Å². The van der Waals surface area contributed by atoms with Gasteiger partial charge >= 0.3 is 0 Å². The van der Waals surface area contributed by atoms with Gasteiger partial charge in [0.15, 0.2) is 0 Å². The number of amides is 1. The van der Waals surface area contributed by atoms with Crippen LogP contribution in [0.4, 0.5) is 5.69 Å². The van der Waals surface area contributed by atoms with Crippen LogP contribution in [-0.2, 0) is 0 Å². The second-order valence-electron chi connectivity index (χ2n) is 5.16. The number of ether oxygens (including phenoxy) is 1. The molecule has 0 saturated heterocycles. The Morgan fingerprint density at radius 2 is 1.78 bits per heavy atom. The highest BCUT2D eigenvalue weighted by molar-refractivity contribution is 6.42. The molecule has 0 spiro atoms. The Balaban J connectivity index is 1.92. The first-order valence-corrected chi connectivity index (χ1v) is 8.35. The number of halogens is 2. The maximum absolute atomic E-state index is 12.2. The Bertz CT molecular complexity index is 657. The fraction of sp³-hybridized carbons (Fsp3) is 0.278. The molecule has 0 aliphatic carbocycles. The second-order valence-corrected chi connectivity index (χ2v) is 5.98. The molecule has 0 aliphatic rings. The fourth-order valence-corrected chi connectivity index (χ4v) is 2.32. The smallest absolute Gasteiger partial charge is 0.255 e. The summed E-state index contributed by atoms with van der Waals surface area (Å²) < 4.78 is 5.64. The molecule has 1 amide bonds. The highest BCUT2D eigenvalue weighted by Crippen LogP contribution is 2.23. The Kier molecular flexibility index (Phi) is 6.75. The predicted molar refractivity (Wildman–Crippen MR) is 95.9 cm³/mol. The maximum Gasteiger partial charge on any atom is 0.255 e. The van der Waals surface area contributed by atoms with Crippen LogP contribution in [0.25, 0.3) is 0 Å². The van der Waals surface area contributed by atoms with Crippen LogP contribution in [0.2, 0.25) is 10.0 Å². The van der Waals surface area contributed by atoms with Crippen molar-refractivity contribution < 1.29 is 9.53 Å². The van der Waals surface area contributed by atoms with E-state index in [1.54, 1.807) is 18.2 Å². The van der Waals surface area contributed by atoms with Crippen LogP contribution in [0.3, 0.4) is 0 Å². The quantitative estimate of drug-likeness (QED) is 0.638. The van der Waals surface area contributed by atoms with Crippen molar-refractivity contribution in [1.82, 2.24) is 0 Å². The average Bonchev–Trinajstić information content (AvgIpc) is 2.55. The fourth-order valence-electron chi connectivity index (χ4n) is 2.02. The van der Waals surface area contributed by atoms with E-state index >= 15 is 0 Å². The van der Waals surface area contributed by atoms with Crippen molar-refractivity contribution in [2.75, 3.05) is 11.9 Å². The van der Waals surface area contributed by atoms with Gasteiger partial charge in [0.25, 0.3) is 5.91 Å². The zero-order valence-electron chi connectivity index (χ0n) is 12.9. The van der Waals surface area contributed by atoms with Gasteiger partial charge in [-0.1, -0.05) is 43.0 Å². The summed E-state index contributed by atoms with van der Waals surface area (Å²) >= 11 is 11.8. The van der Waals surface area contributed by atoms with Gasteiger partial charge in [0.05, 0.1) is 16.7 Å². The van der Waals surface area contributed by atoms with Crippen LogP contribution in [-0.4, -0.2) is 12.5 Å². The Morgan fingerprint density at radius 1 is 1.04 bits per heavy atom. The van der Waals surface area contributed by atoms with Crippen LogP contribution >= 0.6 is 23.2 Å². The molecule has 2 rings (SSSR count). The van der Waals surface area contributed by atoms with Crippen molar-refractivity contribution in [3.05, 3.63) is 58.1 Å². The number of carbonyl (C=O) groups is 1. The first kappa shape index (κ1) is 17.6. The molecule has 0 heterocycles. The van der Waals surface area contributed by atoms with Crippen molar-refractivity contribution >= 4 is 34.8 Å². The summed E-state index contributed by atoms with van der Waals surface area (Å²) in [5.41, 5.74) is 1.15. The summed E-state index contributed by atoms with van der Waals surface area (Å²) in [6.07, 6.45) is 3.38. The van der Waals surface area contributed by atoms with Gasteiger partial charge in [-0.05, 0) is 48.9 Å². The molecule has 0 unspecified atom stereocenters. The van der Waals surface area contributed by atoms with Crippen molar-refractivity contribution in [2.24, 2.45) is 0 Å². The monoisotopic (exact) mass is 351 g/mol. The minimum Gasteiger partial charge on any atom is -0.494 e. The van der Waals surface area contributed by atoms with E-state index in [0.29, 0.717) is 27.9 Å². The number of anilines is 1. The largest absolute Gasteiger partial charge is 0.494 e. The van der Waals surface area contributed by atoms with Gasteiger partial charge in [-0.3, -0.25) is 4.79 Å². The first-order valence-electron chi connectivity index (χ1n) is 7.59. The van der Waals surface area contributed by atoms with Crippen molar-refractivity contribution in [3.63, 3.8) is 0 Å². The predicted octanol–water partition coefficient (Wildman–Crippen LogP) is 5.81. The van der Waals surface area contributed by atoms with E-state index in [2.05, 4.69) is 12.2 Å². The van der Waals surface area contributed by atoms with E-state index < -0.39 is 0 Å². The third-order valence-electron chi connectivity index (χ3n) is 3.31. The van der Waals surface area contributed by atoms with E-state index in [0.717, 1.165) is 18.6 Å². The SMILES string of the molecule is CCCCCOc1ccc(NC(=O)c2ccc(Cl)c(Cl)c2)cc1. The molecule has 2 aromatic carbocycles. The number of hydrogen-bond acceptors (Lipinski definition) is 2. The van der Waals surface area contributed by atoms with E-state index in [1.807, 2.05) is 24.3 Å². The number of rotatable bonds is 7. The number of nitrogens with one attached hydrogen (secondary N) is 1. The molecule has 0 aromatic heterocycles. The third kappa shape index (κ3) is 5.45. The lowest BCUT2D eigenvalue weighted by Gasteiger charge is -2.08. The van der Waals surface area contributed by atoms with Crippen LogP contribution in [0.1, 0.15) is 36.5 Å². The minimum atomic E-state index is -0.236. The van der Waals surface area contributed by atoms with Crippen LogP contribution in [0.5, 0.6) is 5.75 Å². The van der Waals surface area contributed by atoms with Gasteiger partial charge in [-0.2, -0.15) is 0 Å². The van der Waals surface area contributed by atoms with Gasteiger partial charge in [-0.15, -0.1) is 0 Å². The Hall–Kier alpha value is -1.71. The number of hydrogen-bond donors (Lipinski definition) is 1. The standard InChI is InChI=1S/C18H19Cl2NO2/c1-2-3-4-11-23-15-8-6-14(7-9-15)21-18(22)13-5-10-16(19)17(20)12-13/h5-10,12H,2-4,11H2,1H3,(H,21,22). The van der Waals surface area contributed by atoms with E-state index in [9.17, 15) is 4.79 Å². The molecular formula is C18H19Cl2NO2. The number of unbranched alkanes of at least 4 members (excludes halogenated alkanes) is 2. The summed E-state index contributed by atoms with van der Waals surface area (Å²) in [4.78, 5) is 12.2. The molecule has 0 atom stereocenters. The first-order chi connectivity index (χ1) is 11.1. The molecule has 0 radical (unpaired) electrons. The molecular weight excluding hydrogens is 333 g/mol. The van der Waals surface area contributed by atoms with Crippen molar-refractivity contribution in [2.45, 2.75) is 26.2 Å². The molecule has 2 aromatic rings. The second kappa shape index (κ2) is 8.80. The molecule has 0 aliphatic heterocycles. The summed E-state index contributed by atoms with van der Waals surface area (Å²) in [6, 6.07) is 12.1. The molecule has 1 N–H and O–H groups in total. The number of benzene rings is 2. The van der Waals surface area contributed by atoms with E-state index in [-0.39, 0.29) is 5.91 Å². The minimum absolute atomic E-state index is 0.236. The highest BCUT2D eigenvalue weighted by Gasteiger charge is 2.08. The van der Waals surface area contributed by atoms with Gasteiger partial charge in [0, 0.05) is 11.3 Å². The Labute approximate surface area is 146 Å². The Morgan fingerprint density at radius 3 is 2.43 bits per heavy atom. The molecule has 122 valence electrons. The zero-order valence-corrected chi connectivity index (χ0v) is 14.5. The maximum atomic E-state index is 12.2. The van der Waals surface area contributed by atoms with Crippen LogP contribution in [0, 0.1) is 0 Å². The lowest BCUT2D eigenvalue weighted by molar-refractivity contribution is 0.102. The summed E-state index contributed by atoms with van der Waals surface area (Å²) in [7, 11) is 0. The molecule has 0 bridgehead atoms. The molecule has 23 heavy (non-hydrogen) atoms. The zero-order chi connectivity index (χ0) is 16.7. The van der Waals surface area contributed by atoms with Gasteiger partial charge in [-0.25, -0.2) is 0 Å². The van der Waals surface area contributed by atoms with Crippen LogP contribution < -0.4 is 10.1 Å². The third-order valence-corrected chi connectivity index (χ3v) is 4.05. The van der Waals surface area contributed by atoms with Crippen molar-refractivity contribution in [3.8, 4) is 5.75 Å². The topological polar surface area (TPSA) is 38.3 Å². The average molecular weight is 352 g/mol. The lowest BCUT2D eigenvalue weighted by atomic mass is 10.2. The summed E-state index contributed by atoms with van der Waals surface area (Å²) in [5.74, 6) is 0.564. The van der Waals surface area contributed by atoms with E-state index in [4.69, 9.17) is 27.9 Å². The van der Waals surface area contributed by atoms with Crippen molar-refractivity contribution in [1.29, 1.82) is 0 Å². The molecule has 3 nitrogen and oxygen atoms in total. The summed E-state index contributed by atoms with van der Waals surface area (Å²) in [6.45, 7) is 2.87.